The van der Waals surface area contributed by atoms with Crippen LogP contribution in [0.25, 0.3) is 0 Å². The molecule has 0 spiro atoms. The van der Waals surface area contributed by atoms with Gasteiger partial charge in [-0.15, -0.1) is 0 Å². The Bertz CT molecular complexity index is 1040. The second kappa shape index (κ2) is 7.28. The Hall–Kier alpha value is -3.04. The summed E-state index contributed by atoms with van der Waals surface area (Å²) >= 11 is 0. The molecule has 1 aliphatic rings. The van der Waals surface area contributed by atoms with Crippen molar-refractivity contribution in [1.82, 2.24) is 4.90 Å². The summed E-state index contributed by atoms with van der Waals surface area (Å²) < 4.78 is 81.7. The van der Waals surface area contributed by atoms with Crippen LogP contribution in [0, 0.1) is 5.82 Å². The molecule has 2 atom stereocenters. The Kier molecular flexibility index (Phi) is 5.32. The molecule has 4 nitrogen and oxygen atoms in total. The first-order valence-corrected chi connectivity index (χ1v) is 9.14. The van der Waals surface area contributed by atoms with Crippen LogP contribution in [0.3, 0.4) is 0 Å². The van der Waals surface area contributed by atoms with E-state index >= 15 is 0 Å². The number of guanidine groups is 1. The molecule has 1 heterocycles. The lowest BCUT2D eigenvalue weighted by molar-refractivity contribution is -0.137. The maximum Gasteiger partial charge on any atom is 0.416 e. The van der Waals surface area contributed by atoms with Gasteiger partial charge in [-0.25, -0.2) is 18.2 Å². The van der Waals surface area contributed by atoms with Gasteiger partial charge in [0.2, 0.25) is 5.91 Å². The molecule has 0 bridgehead atoms. The molecule has 0 fully saturated rings. The quantitative estimate of drug-likeness (QED) is 0.697. The van der Waals surface area contributed by atoms with Crippen molar-refractivity contribution in [2.45, 2.75) is 37.4 Å². The fourth-order valence-electron chi connectivity index (χ4n) is 3.67. The van der Waals surface area contributed by atoms with E-state index in [4.69, 9.17) is 5.73 Å². The van der Waals surface area contributed by atoms with Crippen LogP contribution in [-0.2, 0) is 22.4 Å². The van der Waals surface area contributed by atoms with E-state index < -0.39 is 46.4 Å². The number of carbonyl (C=O) groups is 1. The largest absolute Gasteiger partial charge is 0.416 e. The normalized spacial score (nSPS) is 22.5. The van der Waals surface area contributed by atoms with E-state index in [1.54, 1.807) is 0 Å². The van der Waals surface area contributed by atoms with Crippen LogP contribution in [0.15, 0.2) is 47.5 Å². The summed E-state index contributed by atoms with van der Waals surface area (Å²) in [6.45, 7) is 1.99. The number of aliphatic imine (C=N–C) groups is 1. The molecule has 0 saturated heterocycles. The topological polar surface area (TPSA) is 58.7 Å². The third kappa shape index (κ3) is 3.98. The third-order valence-electron chi connectivity index (χ3n) is 5.42. The van der Waals surface area contributed by atoms with E-state index in [1.807, 2.05) is 0 Å². The lowest BCUT2D eigenvalue weighted by atomic mass is 9.73. The highest BCUT2D eigenvalue weighted by atomic mass is 19.4. The van der Waals surface area contributed by atoms with Crippen LogP contribution in [0.2, 0.25) is 0 Å². The van der Waals surface area contributed by atoms with Crippen LogP contribution in [-0.4, -0.2) is 23.8 Å². The minimum Gasteiger partial charge on any atom is -0.369 e. The van der Waals surface area contributed by atoms with E-state index in [2.05, 4.69) is 4.99 Å². The Morgan fingerprint density at radius 2 is 1.58 bits per heavy atom. The molecule has 2 aromatic rings. The molecular formula is C21H19F6N3O. The number of halogens is 6. The number of rotatable bonds is 3. The average molecular weight is 443 g/mol. The van der Waals surface area contributed by atoms with Gasteiger partial charge in [-0.05, 0) is 30.7 Å². The number of nitrogens with two attached hydrogens (primary N) is 1. The van der Waals surface area contributed by atoms with E-state index in [1.165, 1.54) is 26.1 Å². The van der Waals surface area contributed by atoms with Crippen LogP contribution in [0.4, 0.5) is 26.3 Å². The van der Waals surface area contributed by atoms with E-state index in [9.17, 15) is 31.1 Å². The molecule has 0 radical (unpaired) electrons. The molecule has 31 heavy (non-hydrogen) atoms. The molecule has 166 valence electrons. The Morgan fingerprint density at radius 3 is 2.10 bits per heavy atom. The van der Waals surface area contributed by atoms with Gasteiger partial charge in [0.1, 0.15) is 11.4 Å². The van der Waals surface area contributed by atoms with Gasteiger partial charge in [-0.2, -0.15) is 13.2 Å². The summed E-state index contributed by atoms with van der Waals surface area (Å²) in [6.07, 6.45) is -4.76. The van der Waals surface area contributed by atoms with Gasteiger partial charge in [0.25, 0.3) is 5.92 Å². The average Bonchev–Trinajstić information content (AvgIpc) is 2.65. The molecule has 2 N–H and O–H groups in total. The molecule has 0 aliphatic carbocycles. The van der Waals surface area contributed by atoms with Crippen molar-refractivity contribution in [3.05, 3.63) is 70.5 Å². The van der Waals surface area contributed by atoms with Crippen molar-refractivity contribution in [2.24, 2.45) is 10.7 Å². The Balaban J connectivity index is 2.24. The van der Waals surface area contributed by atoms with E-state index in [0.29, 0.717) is 25.1 Å². The highest BCUT2D eigenvalue weighted by Crippen LogP contribution is 2.46. The van der Waals surface area contributed by atoms with Crippen molar-refractivity contribution >= 4 is 11.9 Å². The standard InChI is InChI=1S/C21H19F6N3O/c1-19(14-10-13(21(25,26)27)8-9-15(14)22)16(17(31)30(3)18(28)29-19)11-4-6-12(7-5-11)20(2,23)24/h4-10,16H,1-3H3,(H2,28,29)/t16-,19-/m1/s1. The molecule has 1 aliphatic heterocycles. The fraction of sp³-hybridized carbons (Fsp3) is 0.333. The number of hydrogen-bond donors (Lipinski definition) is 1. The van der Waals surface area contributed by atoms with Crippen molar-refractivity contribution < 1.29 is 31.1 Å². The van der Waals surface area contributed by atoms with Crippen LogP contribution < -0.4 is 5.73 Å². The molecule has 0 aromatic heterocycles. The van der Waals surface area contributed by atoms with Crippen LogP contribution in [0.1, 0.15) is 42.0 Å². The van der Waals surface area contributed by atoms with Crippen molar-refractivity contribution in [1.29, 1.82) is 0 Å². The zero-order chi connectivity index (χ0) is 23.4. The third-order valence-corrected chi connectivity index (χ3v) is 5.42. The minimum atomic E-state index is -4.76. The number of alkyl halides is 5. The zero-order valence-corrected chi connectivity index (χ0v) is 16.8. The Labute approximate surface area is 174 Å². The highest BCUT2D eigenvalue weighted by molar-refractivity contribution is 6.02. The molecular weight excluding hydrogens is 424 g/mol. The van der Waals surface area contributed by atoms with Crippen molar-refractivity contribution in [3.63, 3.8) is 0 Å². The lowest BCUT2D eigenvalue weighted by Crippen LogP contribution is -2.52. The monoisotopic (exact) mass is 443 g/mol. The van der Waals surface area contributed by atoms with E-state index in [-0.39, 0.29) is 17.1 Å². The van der Waals surface area contributed by atoms with Gasteiger partial charge in [-0.3, -0.25) is 9.69 Å². The summed E-state index contributed by atoms with van der Waals surface area (Å²) in [5, 5.41) is 0. The first-order valence-electron chi connectivity index (χ1n) is 9.14. The predicted molar refractivity (Wildman–Crippen MR) is 102 cm³/mol. The summed E-state index contributed by atoms with van der Waals surface area (Å²) in [4.78, 5) is 18.2. The van der Waals surface area contributed by atoms with Crippen LogP contribution in [0.5, 0.6) is 0 Å². The molecule has 3 rings (SSSR count). The Morgan fingerprint density at radius 1 is 1.03 bits per heavy atom. The van der Waals surface area contributed by atoms with Crippen LogP contribution >= 0.6 is 0 Å². The predicted octanol–water partition coefficient (Wildman–Crippen LogP) is 4.74. The number of carbonyl (C=O) groups excluding carboxylic acids is 1. The maximum absolute atomic E-state index is 14.7. The first-order chi connectivity index (χ1) is 14.2. The van der Waals surface area contributed by atoms with Gasteiger partial charge >= 0.3 is 6.18 Å². The van der Waals surface area contributed by atoms with Crippen molar-refractivity contribution in [3.8, 4) is 0 Å². The summed E-state index contributed by atoms with van der Waals surface area (Å²) in [5.74, 6) is -6.42. The summed E-state index contributed by atoms with van der Waals surface area (Å²) in [6, 6.07) is 6.54. The SMILES string of the molecule is CN1C(=O)[C@@H](c2ccc(C(C)(F)F)cc2)[C@@](C)(c2cc(C(F)(F)F)ccc2F)N=C1N. The fourth-order valence-corrected chi connectivity index (χ4v) is 3.67. The highest BCUT2D eigenvalue weighted by Gasteiger charge is 2.49. The lowest BCUT2D eigenvalue weighted by Gasteiger charge is -2.41. The van der Waals surface area contributed by atoms with Gasteiger partial charge in [0, 0.05) is 25.1 Å². The summed E-state index contributed by atoms with van der Waals surface area (Å²) in [5.41, 5.74) is 2.20. The first kappa shape index (κ1) is 22.6. The second-order valence-electron chi connectivity index (χ2n) is 7.65. The van der Waals surface area contributed by atoms with Crippen molar-refractivity contribution in [2.75, 3.05) is 7.05 Å². The summed E-state index contributed by atoms with van der Waals surface area (Å²) in [7, 11) is 1.31. The zero-order valence-electron chi connectivity index (χ0n) is 16.8. The van der Waals surface area contributed by atoms with Gasteiger partial charge in [-0.1, -0.05) is 24.3 Å². The number of amides is 1. The number of likely N-dealkylation sites (N-methyl/N-ethyl adjacent to an activating group) is 1. The van der Waals surface area contributed by atoms with Gasteiger partial charge < -0.3 is 5.73 Å². The van der Waals surface area contributed by atoms with Gasteiger partial charge in [0.05, 0.1) is 11.5 Å². The molecule has 2 aromatic carbocycles. The number of hydrogen-bond acceptors (Lipinski definition) is 3. The molecule has 10 heteroatoms. The number of nitrogens with zero attached hydrogens (tertiary/aromatic N) is 2. The smallest absolute Gasteiger partial charge is 0.369 e. The second-order valence-corrected chi connectivity index (χ2v) is 7.65. The van der Waals surface area contributed by atoms with E-state index in [0.717, 1.165) is 17.0 Å². The molecule has 0 saturated carbocycles. The minimum absolute atomic E-state index is 0.181. The molecule has 0 unspecified atom stereocenters. The molecule has 1 amide bonds. The maximum atomic E-state index is 14.7. The van der Waals surface area contributed by atoms with Gasteiger partial charge in [0.15, 0.2) is 5.96 Å². The number of benzene rings is 2.